The molecule has 1 saturated carbocycles. The van der Waals surface area contributed by atoms with E-state index in [4.69, 9.17) is 0 Å². The topological polar surface area (TPSA) is 15.3 Å². The molecule has 2 nitrogen and oxygen atoms in total. The van der Waals surface area contributed by atoms with Crippen molar-refractivity contribution in [2.45, 2.75) is 71.3 Å². The monoisotopic (exact) mass is 266 g/mol. The number of rotatable bonds is 5. The third-order valence-electron chi connectivity index (χ3n) is 5.56. The molecule has 2 heteroatoms. The van der Waals surface area contributed by atoms with Crippen molar-refractivity contribution in [3.63, 3.8) is 0 Å². The first-order valence-electron chi connectivity index (χ1n) is 8.56. The Labute approximate surface area is 120 Å². The maximum absolute atomic E-state index is 3.54. The first-order valence-corrected chi connectivity index (χ1v) is 8.56. The van der Waals surface area contributed by atoms with Crippen LogP contribution in [0.1, 0.15) is 65.2 Å². The molecule has 1 heterocycles. The molecule has 2 fully saturated rings. The summed E-state index contributed by atoms with van der Waals surface area (Å²) in [5, 5.41) is 3.54. The average Bonchev–Trinajstić information content (AvgIpc) is 2.40. The van der Waals surface area contributed by atoms with Crippen LogP contribution in [0, 0.1) is 11.3 Å². The van der Waals surface area contributed by atoms with Crippen LogP contribution in [-0.2, 0) is 0 Å². The molecule has 0 amide bonds. The van der Waals surface area contributed by atoms with Gasteiger partial charge in [-0.3, -0.25) is 0 Å². The molecule has 0 radical (unpaired) electrons. The van der Waals surface area contributed by atoms with Gasteiger partial charge in [0.2, 0.25) is 0 Å². The van der Waals surface area contributed by atoms with E-state index in [2.05, 4.69) is 31.1 Å². The second kappa shape index (κ2) is 7.08. The number of hydrogen-bond donors (Lipinski definition) is 1. The van der Waals surface area contributed by atoms with Crippen molar-refractivity contribution in [1.29, 1.82) is 0 Å². The molecule has 0 bridgehead atoms. The van der Waals surface area contributed by atoms with Crippen molar-refractivity contribution in [2.75, 3.05) is 26.7 Å². The van der Waals surface area contributed by atoms with E-state index in [1.54, 1.807) is 0 Å². The molecule has 0 aromatic rings. The maximum Gasteiger partial charge on any atom is 0.00949 e. The molecule has 1 saturated heterocycles. The zero-order valence-corrected chi connectivity index (χ0v) is 13.4. The minimum Gasteiger partial charge on any atom is -0.317 e. The Hall–Kier alpha value is -0.0800. The molecule has 112 valence electrons. The highest BCUT2D eigenvalue weighted by atomic mass is 15.1. The van der Waals surface area contributed by atoms with Crippen LogP contribution in [0.3, 0.4) is 0 Å². The van der Waals surface area contributed by atoms with Gasteiger partial charge in [0, 0.05) is 12.6 Å². The lowest BCUT2D eigenvalue weighted by Gasteiger charge is -2.44. The van der Waals surface area contributed by atoms with Gasteiger partial charge in [0.1, 0.15) is 0 Å². The SMILES string of the molecule is CCCC1(CN(C)C2CCCC(C)C2)CCNCC1. The number of piperidine rings is 1. The zero-order chi connectivity index (χ0) is 13.7. The van der Waals surface area contributed by atoms with Crippen LogP contribution in [0.15, 0.2) is 0 Å². The molecule has 1 aliphatic carbocycles. The summed E-state index contributed by atoms with van der Waals surface area (Å²) in [6.07, 6.45) is 11.3. The molecule has 0 spiro atoms. The molecule has 1 N–H and O–H groups in total. The quantitative estimate of drug-likeness (QED) is 0.817. The van der Waals surface area contributed by atoms with Gasteiger partial charge in [0.25, 0.3) is 0 Å². The summed E-state index contributed by atoms with van der Waals surface area (Å²) >= 11 is 0. The summed E-state index contributed by atoms with van der Waals surface area (Å²) < 4.78 is 0. The van der Waals surface area contributed by atoms with Gasteiger partial charge in [-0.05, 0) is 63.6 Å². The van der Waals surface area contributed by atoms with Crippen LogP contribution in [0.25, 0.3) is 0 Å². The van der Waals surface area contributed by atoms with Crippen molar-refractivity contribution in [3.8, 4) is 0 Å². The summed E-state index contributed by atoms with van der Waals surface area (Å²) in [7, 11) is 2.39. The molecule has 1 aliphatic heterocycles. The van der Waals surface area contributed by atoms with Gasteiger partial charge in [-0.15, -0.1) is 0 Å². The highest BCUT2D eigenvalue weighted by molar-refractivity contribution is 4.89. The van der Waals surface area contributed by atoms with Crippen molar-refractivity contribution in [1.82, 2.24) is 10.2 Å². The van der Waals surface area contributed by atoms with E-state index in [0.29, 0.717) is 5.41 Å². The highest BCUT2D eigenvalue weighted by Crippen LogP contribution is 2.36. The van der Waals surface area contributed by atoms with Gasteiger partial charge in [-0.2, -0.15) is 0 Å². The summed E-state index contributed by atoms with van der Waals surface area (Å²) in [4.78, 5) is 2.72. The van der Waals surface area contributed by atoms with Crippen molar-refractivity contribution in [3.05, 3.63) is 0 Å². The lowest BCUT2D eigenvalue weighted by Crippen LogP contribution is -2.47. The van der Waals surface area contributed by atoms with Crippen LogP contribution in [0.4, 0.5) is 0 Å². The Balaban J connectivity index is 1.92. The van der Waals surface area contributed by atoms with Crippen molar-refractivity contribution >= 4 is 0 Å². The van der Waals surface area contributed by atoms with E-state index in [9.17, 15) is 0 Å². The Morgan fingerprint density at radius 1 is 1.21 bits per heavy atom. The normalized spacial score (nSPS) is 31.6. The van der Waals surface area contributed by atoms with Gasteiger partial charge in [-0.25, -0.2) is 0 Å². The summed E-state index contributed by atoms with van der Waals surface area (Å²) in [6.45, 7) is 8.59. The Kier molecular flexibility index (Phi) is 5.70. The predicted octanol–water partition coefficient (Wildman–Crippen LogP) is 3.67. The first-order chi connectivity index (χ1) is 9.15. The Bertz CT molecular complexity index is 252. The van der Waals surface area contributed by atoms with Gasteiger partial charge in [-0.1, -0.05) is 33.1 Å². The van der Waals surface area contributed by atoms with Gasteiger partial charge < -0.3 is 10.2 Å². The molecule has 2 unspecified atom stereocenters. The fraction of sp³-hybridized carbons (Fsp3) is 1.00. The van der Waals surface area contributed by atoms with Crippen LogP contribution < -0.4 is 5.32 Å². The zero-order valence-electron chi connectivity index (χ0n) is 13.4. The number of hydrogen-bond acceptors (Lipinski definition) is 2. The Morgan fingerprint density at radius 2 is 1.95 bits per heavy atom. The Morgan fingerprint density at radius 3 is 2.58 bits per heavy atom. The predicted molar refractivity (Wildman–Crippen MR) is 83.5 cm³/mol. The molecular weight excluding hydrogens is 232 g/mol. The molecular formula is C17H34N2. The van der Waals surface area contributed by atoms with Crippen molar-refractivity contribution in [2.24, 2.45) is 11.3 Å². The summed E-state index contributed by atoms with van der Waals surface area (Å²) in [5.74, 6) is 0.941. The molecule has 2 rings (SSSR count). The van der Waals surface area contributed by atoms with E-state index in [0.717, 1.165) is 12.0 Å². The lowest BCUT2D eigenvalue weighted by molar-refractivity contribution is 0.0703. The van der Waals surface area contributed by atoms with E-state index >= 15 is 0 Å². The maximum atomic E-state index is 3.54. The third kappa shape index (κ3) is 4.19. The molecule has 2 atom stereocenters. The smallest absolute Gasteiger partial charge is 0.00949 e. The number of nitrogens with one attached hydrogen (secondary N) is 1. The molecule has 0 aromatic heterocycles. The molecule has 19 heavy (non-hydrogen) atoms. The summed E-state index contributed by atoms with van der Waals surface area (Å²) in [5.41, 5.74) is 0.607. The minimum atomic E-state index is 0.607. The van der Waals surface area contributed by atoms with Crippen LogP contribution in [0.5, 0.6) is 0 Å². The van der Waals surface area contributed by atoms with E-state index in [-0.39, 0.29) is 0 Å². The molecule has 2 aliphatic rings. The standard InChI is InChI=1S/C17H34N2/c1-4-8-17(9-11-18-12-10-17)14-19(3)16-7-5-6-15(2)13-16/h15-16,18H,4-14H2,1-3H3. The number of nitrogens with zero attached hydrogens (tertiary/aromatic N) is 1. The van der Waals surface area contributed by atoms with Crippen molar-refractivity contribution < 1.29 is 0 Å². The second-order valence-electron chi connectivity index (χ2n) is 7.34. The average molecular weight is 266 g/mol. The fourth-order valence-corrected chi connectivity index (χ4v) is 4.44. The van der Waals surface area contributed by atoms with Crippen LogP contribution >= 0.6 is 0 Å². The third-order valence-corrected chi connectivity index (χ3v) is 5.56. The lowest BCUT2D eigenvalue weighted by atomic mass is 9.74. The molecule has 0 aromatic carbocycles. The van der Waals surface area contributed by atoms with Gasteiger partial charge in [0.05, 0.1) is 0 Å². The van der Waals surface area contributed by atoms with Gasteiger partial charge in [0.15, 0.2) is 0 Å². The fourth-order valence-electron chi connectivity index (χ4n) is 4.44. The van der Waals surface area contributed by atoms with Crippen LogP contribution in [0.2, 0.25) is 0 Å². The van der Waals surface area contributed by atoms with E-state index in [1.165, 1.54) is 71.0 Å². The first kappa shape index (κ1) is 15.3. The second-order valence-corrected chi connectivity index (χ2v) is 7.34. The minimum absolute atomic E-state index is 0.607. The van der Waals surface area contributed by atoms with E-state index in [1.807, 2.05) is 0 Å². The largest absolute Gasteiger partial charge is 0.317 e. The summed E-state index contributed by atoms with van der Waals surface area (Å²) in [6, 6.07) is 0.854. The van der Waals surface area contributed by atoms with E-state index < -0.39 is 0 Å². The van der Waals surface area contributed by atoms with Crippen LogP contribution in [-0.4, -0.2) is 37.6 Å². The highest BCUT2D eigenvalue weighted by Gasteiger charge is 2.34. The van der Waals surface area contributed by atoms with Gasteiger partial charge >= 0.3 is 0 Å².